The summed E-state index contributed by atoms with van der Waals surface area (Å²) in [5, 5.41) is 10.3. The molecule has 0 unspecified atom stereocenters. The van der Waals surface area contributed by atoms with E-state index in [1.165, 1.54) is 0 Å². The monoisotopic (exact) mass is 285 g/mol. The van der Waals surface area contributed by atoms with Crippen molar-refractivity contribution in [3.8, 4) is 0 Å². The molecule has 2 aromatic rings. The van der Waals surface area contributed by atoms with E-state index in [1.807, 2.05) is 54.6 Å². The molecule has 0 bridgehead atoms. The van der Waals surface area contributed by atoms with Gasteiger partial charge in [-0.15, -0.1) is 0 Å². The highest BCUT2D eigenvalue weighted by atomic mass is 32.1. The molecule has 0 amide bonds. The van der Waals surface area contributed by atoms with Gasteiger partial charge in [0.25, 0.3) is 0 Å². The minimum atomic E-state index is 0.328. The van der Waals surface area contributed by atoms with Crippen LogP contribution in [0.1, 0.15) is 13.8 Å². The standard InChI is InChI=1S/C16H19N3S/c1-12(2)17-16(20)19-15-10-8-14(9-11-15)18-13-6-4-3-5-7-13/h3-12,18H,1-2H3,(H2,17,19,20). The van der Waals surface area contributed by atoms with Gasteiger partial charge >= 0.3 is 0 Å². The maximum absolute atomic E-state index is 5.21. The molecule has 0 atom stereocenters. The molecule has 104 valence electrons. The number of thiocarbonyl (C=S) groups is 1. The lowest BCUT2D eigenvalue weighted by Gasteiger charge is -2.13. The van der Waals surface area contributed by atoms with Gasteiger partial charge in [0.2, 0.25) is 0 Å². The molecule has 2 aromatic carbocycles. The Hall–Kier alpha value is -2.07. The zero-order chi connectivity index (χ0) is 14.4. The van der Waals surface area contributed by atoms with Crippen molar-refractivity contribution in [2.45, 2.75) is 19.9 Å². The number of hydrogen-bond acceptors (Lipinski definition) is 2. The number of nitrogens with one attached hydrogen (secondary N) is 3. The summed E-state index contributed by atoms with van der Waals surface area (Å²) in [5.41, 5.74) is 3.09. The van der Waals surface area contributed by atoms with E-state index in [0.29, 0.717) is 11.2 Å². The first-order valence-corrected chi connectivity index (χ1v) is 7.04. The Kier molecular flexibility index (Phi) is 4.96. The van der Waals surface area contributed by atoms with Gasteiger partial charge in [0.05, 0.1) is 0 Å². The van der Waals surface area contributed by atoms with Crippen molar-refractivity contribution in [1.82, 2.24) is 5.32 Å². The molecule has 0 heterocycles. The van der Waals surface area contributed by atoms with Crippen molar-refractivity contribution in [1.29, 1.82) is 0 Å². The van der Waals surface area contributed by atoms with Crippen LogP contribution in [-0.4, -0.2) is 11.2 Å². The number of hydrogen-bond donors (Lipinski definition) is 3. The molecule has 0 saturated heterocycles. The third-order valence-electron chi connectivity index (χ3n) is 2.63. The molecule has 3 nitrogen and oxygen atoms in total. The van der Waals surface area contributed by atoms with Gasteiger partial charge in [0.15, 0.2) is 5.11 Å². The van der Waals surface area contributed by atoms with E-state index in [4.69, 9.17) is 12.2 Å². The first-order chi connectivity index (χ1) is 9.63. The van der Waals surface area contributed by atoms with Gasteiger partial charge in [-0.25, -0.2) is 0 Å². The smallest absolute Gasteiger partial charge is 0.170 e. The summed E-state index contributed by atoms with van der Waals surface area (Å²) in [6.07, 6.45) is 0. The van der Waals surface area contributed by atoms with E-state index in [9.17, 15) is 0 Å². The van der Waals surface area contributed by atoms with Gasteiger partial charge in [0, 0.05) is 23.1 Å². The highest BCUT2D eigenvalue weighted by Gasteiger charge is 2.00. The third-order valence-corrected chi connectivity index (χ3v) is 2.84. The van der Waals surface area contributed by atoms with Gasteiger partial charge in [-0.1, -0.05) is 18.2 Å². The van der Waals surface area contributed by atoms with Gasteiger partial charge < -0.3 is 16.0 Å². The Labute approximate surface area is 125 Å². The second kappa shape index (κ2) is 6.91. The highest BCUT2D eigenvalue weighted by Crippen LogP contribution is 2.18. The summed E-state index contributed by atoms with van der Waals surface area (Å²) in [7, 11) is 0. The summed E-state index contributed by atoms with van der Waals surface area (Å²) in [4.78, 5) is 0. The molecule has 0 aromatic heterocycles. The maximum Gasteiger partial charge on any atom is 0.170 e. The van der Waals surface area contributed by atoms with E-state index in [-0.39, 0.29) is 0 Å². The van der Waals surface area contributed by atoms with E-state index < -0.39 is 0 Å². The Morgan fingerprint density at radius 3 is 2.00 bits per heavy atom. The van der Waals surface area contributed by atoms with Gasteiger partial charge in [0.1, 0.15) is 0 Å². The summed E-state index contributed by atoms with van der Waals surface area (Å²) >= 11 is 5.21. The fourth-order valence-electron chi connectivity index (χ4n) is 1.75. The fraction of sp³-hybridized carbons (Fsp3) is 0.188. The molecule has 3 N–H and O–H groups in total. The predicted octanol–water partition coefficient (Wildman–Crippen LogP) is 4.13. The zero-order valence-corrected chi connectivity index (χ0v) is 12.5. The summed E-state index contributed by atoms with van der Waals surface area (Å²) in [5.74, 6) is 0. The number of anilines is 3. The molecule has 2 rings (SSSR count). The van der Waals surface area contributed by atoms with Crippen molar-refractivity contribution < 1.29 is 0 Å². The summed E-state index contributed by atoms with van der Waals surface area (Å²) in [6.45, 7) is 4.11. The fourth-order valence-corrected chi connectivity index (χ4v) is 2.11. The minimum Gasteiger partial charge on any atom is -0.360 e. The predicted molar refractivity (Wildman–Crippen MR) is 90.7 cm³/mol. The molecule has 0 spiro atoms. The number of rotatable bonds is 4. The minimum absolute atomic E-state index is 0.328. The van der Waals surface area contributed by atoms with Crippen LogP contribution in [-0.2, 0) is 0 Å². The van der Waals surface area contributed by atoms with E-state index in [1.54, 1.807) is 0 Å². The van der Waals surface area contributed by atoms with Gasteiger partial charge in [-0.3, -0.25) is 0 Å². The first kappa shape index (κ1) is 14.3. The number of benzene rings is 2. The summed E-state index contributed by atoms with van der Waals surface area (Å²) in [6, 6.07) is 18.5. The average molecular weight is 285 g/mol. The van der Waals surface area contributed by atoms with Crippen LogP contribution in [0.2, 0.25) is 0 Å². The maximum atomic E-state index is 5.21. The van der Waals surface area contributed by atoms with Crippen molar-refractivity contribution in [2.75, 3.05) is 10.6 Å². The normalized spacial score (nSPS) is 10.2. The van der Waals surface area contributed by atoms with Crippen LogP contribution >= 0.6 is 12.2 Å². The molecule has 4 heteroatoms. The largest absolute Gasteiger partial charge is 0.360 e. The second-order valence-electron chi connectivity index (χ2n) is 4.82. The lowest BCUT2D eigenvalue weighted by atomic mass is 10.2. The lowest BCUT2D eigenvalue weighted by Crippen LogP contribution is -2.33. The second-order valence-corrected chi connectivity index (χ2v) is 5.23. The SMILES string of the molecule is CC(C)NC(=S)Nc1ccc(Nc2ccccc2)cc1. The molecule has 0 aliphatic carbocycles. The van der Waals surface area contributed by atoms with Crippen molar-refractivity contribution in [3.63, 3.8) is 0 Å². The third kappa shape index (κ3) is 4.55. The van der Waals surface area contributed by atoms with Crippen LogP contribution in [0.5, 0.6) is 0 Å². The molecule has 20 heavy (non-hydrogen) atoms. The Morgan fingerprint density at radius 2 is 1.40 bits per heavy atom. The number of para-hydroxylation sites is 1. The quantitative estimate of drug-likeness (QED) is 0.738. The highest BCUT2D eigenvalue weighted by molar-refractivity contribution is 7.80. The van der Waals surface area contributed by atoms with Crippen molar-refractivity contribution >= 4 is 34.4 Å². The van der Waals surface area contributed by atoms with Crippen molar-refractivity contribution in [2.24, 2.45) is 0 Å². The van der Waals surface area contributed by atoms with E-state index in [0.717, 1.165) is 17.1 Å². The van der Waals surface area contributed by atoms with Crippen LogP contribution in [0.15, 0.2) is 54.6 Å². The topological polar surface area (TPSA) is 36.1 Å². The molecular formula is C16H19N3S. The molecule has 0 aliphatic rings. The van der Waals surface area contributed by atoms with E-state index >= 15 is 0 Å². The van der Waals surface area contributed by atoms with Crippen LogP contribution in [0.3, 0.4) is 0 Å². The van der Waals surface area contributed by atoms with Gasteiger partial charge in [-0.2, -0.15) is 0 Å². The Balaban J connectivity index is 1.94. The molecular weight excluding hydrogens is 266 g/mol. The van der Waals surface area contributed by atoms with E-state index in [2.05, 4.69) is 29.8 Å². The van der Waals surface area contributed by atoms with Crippen LogP contribution in [0.25, 0.3) is 0 Å². The van der Waals surface area contributed by atoms with Crippen molar-refractivity contribution in [3.05, 3.63) is 54.6 Å². The van der Waals surface area contributed by atoms with Crippen LogP contribution in [0, 0.1) is 0 Å². The Morgan fingerprint density at radius 1 is 0.850 bits per heavy atom. The average Bonchev–Trinajstić information content (AvgIpc) is 2.41. The first-order valence-electron chi connectivity index (χ1n) is 6.63. The molecule has 0 aliphatic heterocycles. The van der Waals surface area contributed by atoms with Gasteiger partial charge in [-0.05, 0) is 62.5 Å². The molecule has 0 fully saturated rings. The van der Waals surface area contributed by atoms with Crippen LogP contribution < -0.4 is 16.0 Å². The molecule has 0 radical (unpaired) electrons. The Bertz CT molecular complexity index is 550. The summed E-state index contributed by atoms with van der Waals surface area (Å²) < 4.78 is 0. The lowest BCUT2D eigenvalue weighted by molar-refractivity contribution is 0.739. The van der Waals surface area contributed by atoms with Crippen LogP contribution in [0.4, 0.5) is 17.1 Å². The zero-order valence-electron chi connectivity index (χ0n) is 11.7. The molecule has 0 saturated carbocycles.